The van der Waals surface area contributed by atoms with E-state index in [4.69, 9.17) is 21.7 Å². The Morgan fingerprint density at radius 2 is 1.86 bits per heavy atom. The third-order valence-corrected chi connectivity index (χ3v) is 4.13. The third-order valence-electron chi connectivity index (χ3n) is 3.88. The van der Waals surface area contributed by atoms with Crippen LogP contribution in [0.2, 0.25) is 5.02 Å². The molecule has 0 bridgehead atoms. The number of rotatable bonds is 1. The SMILES string of the molecule is CC1CN=C(c2ccc(Cl)cc2)c2c3ccccc3nn21. The van der Waals surface area contributed by atoms with E-state index in [9.17, 15) is 0 Å². The molecule has 0 fully saturated rings. The Balaban J connectivity index is 1.97. The molecule has 0 radical (unpaired) electrons. The molecule has 0 saturated heterocycles. The van der Waals surface area contributed by atoms with Crippen LogP contribution in [-0.2, 0) is 0 Å². The Kier molecular flexibility index (Phi) is 2.82. The van der Waals surface area contributed by atoms with Crippen LogP contribution in [0.1, 0.15) is 24.2 Å². The first-order chi connectivity index (χ1) is 10.2. The van der Waals surface area contributed by atoms with Crippen LogP contribution in [0.25, 0.3) is 10.9 Å². The maximum atomic E-state index is 5.99. The van der Waals surface area contributed by atoms with Gasteiger partial charge in [-0.05, 0) is 25.1 Å². The van der Waals surface area contributed by atoms with Crippen molar-refractivity contribution in [2.75, 3.05) is 6.54 Å². The molecule has 1 unspecified atom stereocenters. The Bertz CT molecular complexity index is 846. The summed E-state index contributed by atoms with van der Waals surface area (Å²) in [5, 5.41) is 6.63. The summed E-state index contributed by atoms with van der Waals surface area (Å²) in [5.41, 5.74) is 4.20. The number of nitrogens with zero attached hydrogens (tertiary/aromatic N) is 3. The molecule has 0 N–H and O–H groups in total. The van der Waals surface area contributed by atoms with Crippen LogP contribution < -0.4 is 0 Å². The predicted molar refractivity (Wildman–Crippen MR) is 86.4 cm³/mol. The summed E-state index contributed by atoms with van der Waals surface area (Å²) in [5.74, 6) is 0. The quantitative estimate of drug-likeness (QED) is 0.665. The van der Waals surface area contributed by atoms with E-state index >= 15 is 0 Å². The molecule has 4 rings (SSSR count). The number of aromatic nitrogens is 2. The lowest BCUT2D eigenvalue weighted by Crippen LogP contribution is -2.23. The standard InChI is InChI=1S/C17H14ClN3/c1-11-10-19-16(12-6-8-13(18)9-7-12)17-14-4-2-3-5-15(14)20-21(11)17/h2-9,11H,10H2,1H3. The number of benzene rings is 2. The van der Waals surface area contributed by atoms with Gasteiger partial charge >= 0.3 is 0 Å². The highest BCUT2D eigenvalue weighted by Crippen LogP contribution is 2.28. The van der Waals surface area contributed by atoms with E-state index in [1.165, 1.54) is 0 Å². The van der Waals surface area contributed by atoms with Crippen LogP contribution in [0, 0.1) is 0 Å². The van der Waals surface area contributed by atoms with Gasteiger partial charge < -0.3 is 0 Å². The number of hydrogen-bond acceptors (Lipinski definition) is 2. The summed E-state index contributed by atoms with van der Waals surface area (Å²) >= 11 is 5.99. The van der Waals surface area contributed by atoms with Gasteiger partial charge in [-0.2, -0.15) is 5.10 Å². The van der Waals surface area contributed by atoms with Crippen molar-refractivity contribution in [1.82, 2.24) is 9.78 Å². The van der Waals surface area contributed by atoms with Crippen molar-refractivity contribution < 1.29 is 0 Å². The summed E-state index contributed by atoms with van der Waals surface area (Å²) in [4.78, 5) is 4.79. The van der Waals surface area contributed by atoms with Crippen LogP contribution >= 0.6 is 11.6 Å². The lowest BCUT2D eigenvalue weighted by atomic mass is 10.0. The molecule has 21 heavy (non-hydrogen) atoms. The second kappa shape index (κ2) is 4.71. The number of halogens is 1. The first-order valence-electron chi connectivity index (χ1n) is 7.02. The molecule has 1 aromatic heterocycles. The highest BCUT2D eigenvalue weighted by Gasteiger charge is 2.24. The van der Waals surface area contributed by atoms with Crippen molar-refractivity contribution in [3.05, 3.63) is 64.8 Å². The predicted octanol–water partition coefficient (Wildman–Crippen LogP) is 4.10. The van der Waals surface area contributed by atoms with Crippen molar-refractivity contribution in [2.45, 2.75) is 13.0 Å². The summed E-state index contributed by atoms with van der Waals surface area (Å²) in [6, 6.07) is 16.3. The zero-order chi connectivity index (χ0) is 14.4. The van der Waals surface area contributed by atoms with Gasteiger partial charge in [-0.3, -0.25) is 9.67 Å². The summed E-state index contributed by atoms with van der Waals surface area (Å²) in [6.07, 6.45) is 0. The summed E-state index contributed by atoms with van der Waals surface area (Å²) in [7, 11) is 0. The van der Waals surface area contributed by atoms with Crippen LogP contribution in [-0.4, -0.2) is 22.0 Å². The van der Waals surface area contributed by atoms with Gasteiger partial charge in [-0.1, -0.05) is 41.9 Å². The zero-order valence-corrected chi connectivity index (χ0v) is 12.4. The van der Waals surface area contributed by atoms with Gasteiger partial charge in [0.2, 0.25) is 0 Å². The van der Waals surface area contributed by atoms with Crippen LogP contribution in [0.15, 0.2) is 53.5 Å². The van der Waals surface area contributed by atoms with E-state index in [-0.39, 0.29) is 6.04 Å². The Morgan fingerprint density at radius 3 is 2.67 bits per heavy atom. The Hall–Kier alpha value is -2.13. The zero-order valence-electron chi connectivity index (χ0n) is 11.6. The normalized spacial score (nSPS) is 17.6. The molecular formula is C17H14ClN3. The fourth-order valence-electron chi connectivity index (χ4n) is 2.82. The van der Waals surface area contributed by atoms with Gasteiger partial charge in [0.05, 0.1) is 29.5 Å². The van der Waals surface area contributed by atoms with Crippen molar-refractivity contribution in [1.29, 1.82) is 0 Å². The molecule has 0 spiro atoms. The van der Waals surface area contributed by atoms with E-state index in [1.54, 1.807) is 0 Å². The smallest absolute Gasteiger partial charge is 0.0951 e. The van der Waals surface area contributed by atoms with E-state index in [0.29, 0.717) is 0 Å². The molecule has 104 valence electrons. The monoisotopic (exact) mass is 295 g/mol. The minimum atomic E-state index is 0.281. The van der Waals surface area contributed by atoms with Gasteiger partial charge in [-0.15, -0.1) is 0 Å². The largest absolute Gasteiger partial charge is 0.280 e. The average Bonchev–Trinajstić information content (AvgIpc) is 2.90. The Labute approximate surface area is 127 Å². The van der Waals surface area contributed by atoms with Crippen molar-refractivity contribution in [3.8, 4) is 0 Å². The molecule has 0 aliphatic carbocycles. The lowest BCUT2D eigenvalue weighted by molar-refractivity contribution is 0.492. The second-order valence-corrected chi connectivity index (χ2v) is 5.79. The fourth-order valence-corrected chi connectivity index (χ4v) is 2.94. The molecule has 0 saturated carbocycles. The topological polar surface area (TPSA) is 30.2 Å². The maximum Gasteiger partial charge on any atom is 0.0951 e. The third kappa shape index (κ3) is 1.96. The molecule has 1 atom stereocenters. The van der Waals surface area contributed by atoms with Gasteiger partial charge in [0.25, 0.3) is 0 Å². The maximum absolute atomic E-state index is 5.99. The second-order valence-electron chi connectivity index (χ2n) is 5.36. The minimum Gasteiger partial charge on any atom is -0.280 e. The van der Waals surface area contributed by atoms with E-state index in [2.05, 4.69) is 17.7 Å². The highest BCUT2D eigenvalue weighted by atomic mass is 35.5. The molecule has 3 nitrogen and oxygen atoms in total. The van der Waals surface area contributed by atoms with E-state index in [1.807, 2.05) is 42.5 Å². The number of aliphatic imine (C=N–C) groups is 1. The van der Waals surface area contributed by atoms with Crippen molar-refractivity contribution in [3.63, 3.8) is 0 Å². The van der Waals surface area contributed by atoms with Gasteiger partial charge in [0, 0.05) is 16.0 Å². The van der Waals surface area contributed by atoms with Gasteiger partial charge in [0.15, 0.2) is 0 Å². The molecule has 4 heteroatoms. The highest BCUT2D eigenvalue weighted by molar-refractivity contribution is 6.30. The molecule has 1 aliphatic rings. The number of fused-ring (bicyclic) bond motifs is 3. The molecule has 3 aromatic rings. The lowest BCUT2D eigenvalue weighted by Gasteiger charge is -2.21. The summed E-state index contributed by atoms with van der Waals surface area (Å²) < 4.78 is 2.10. The molecule has 1 aliphatic heterocycles. The fraction of sp³-hybridized carbons (Fsp3) is 0.176. The Morgan fingerprint density at radius 1 is 1.10 bits per heavy atom. The van der Waals surface area contributed by atoms with Crippen LogP contribution in [0.3, 0.4) is 0 Å². The van der Waals surface area contributed by atoms with Crippen molar-refractivity contribution in [2.24, 2.45) is 4.99 Å². The minimum absolute atomic E-state index is 0.281. The average molecular weight is 296 g/mol. The van der Waals surface area contributed by atoms with Crippen LogP contribution in [0.5, 0.6) is 0 Å². The van der Waals surface area contributed by atoms with Gasteiger partial charge in [0.1, 0.15) is 0 Å². The number of hydrogen-bond donors (Lipinski definition) is 0. The first kappa shape index (κ1) is 12.6. The molecule has 2 aromatic carbocycles. The van der Waals surface area contributed by atoms with Crippen molar-refractivity contribution >= 4 is 28.2 Å². The van der Waals surface area contributed by atoms with E-state index in [0.717, 1.165) is 39.4 Å². The summed E-state index contributed by atoms with van der Waals surface area (Å²) in [6.45, 7) is 2.90. The van der Waals surface area contributed by atoms with Crippen LogP contribution in [0.4, 0.5) is 0 Å². The molecular weight excluding hydrogens is 282 g/mol. The van der Waals surface area contributed by atoms with Gasteiger partial charge in [-0.25, -0.2) is 0 Å². The van der Waals surface area contributed by atoms with E-state index < -0.39 is 0 Å². The molecule has 0 amide bonds. The molecule has 2 heterocycles. The first-order valence-corrected chi connectivity index (χ1v) is 7.40.